The molecule has 0 aliphatic rings. The highest BCUT2D eigenvalue weighted by Gasteiger charge is 2.27. The number of carbonyl (C=O) groups is 6. The molecule has 3 rings (SSSR count). The molecule has 0 saturated heterocycles. The van der Waals surface area contributed by atoms with Crippen LogP contribution < -0.4 is 27.2 Å². The zero-order valence-corrected chi connectivity index (χ0v) is 72.8. The van der Waals surface area contributed by atoms with Crippen LogP contribution in [0.5, 0.6) is 0 Å². The van der Waals surface area contributed by atoms with E-state index in [1.807, 2.05) is 0 Å². The first-order chi connectivity index (χ1) is 65.6. The van der Waals surface area contributed by atoms with Gasteiger partial charge in [0.15, 0.2) is 17.3 Å². The number of anilines is 1. The van der Waals surface area contributed by atoms with Crippen LogP contribution in [-0.4, -0.2) is 117 Å². The number of phosphoric ester groups is 1. The van der Waals surface area contributed by atoms with Gasteiger partial charge in [0.25, 0.3) is 11.5 Å². The van der Waals surface area contributed by atoms with Crippen molar-refractivity contribution in [3.05, 3.63) is 70.1 Å². The van der Waals surface area contributed by atoms with Crippen LogP contribution in [0.15, 0.2) is 47.7 Å². The number of carbonyl (C=O) groups excluding carboxylic acids is 5. The van der Waals surface area contributed by atoms with Gasteiger partial charge in [0.1, 0.15) is 32.1 Å². The molecule has 0 aliphatic heterocycles. The lowest BCUT2D eigenvalue weighted by molar-refractivity contribution is -0.909. The summed E-state index contributed by atoms with van der Waals surface area (Å²) in [5.41, 5.74) is 6.58. The van der Waals surface area contributed by atoms with Crippen molar-refractivity contribution in [1.29, 1.82) is 0 Å². The molecule has 0 aliphatic carbocycles. The van der Waals surface area contributed by atoms with E-state index in [0.717, 1.165) is 63.1 Å². The molecule has 2 aromatic heterocycles. The number of nitrogens with two attached hydrogens (primary N) is 1. The third-order valence-corrected chi connectivity index (χ3v) is 17.4. The molecule has 2 unspecified atom stereocenters. The molecule has 0 bridgehead atoms. The number of aryl methyl sites for hydroxylation is 2. The molecule has 68 heteroatoms. The number of carboxylic acid groups (broad SMARTS) is 1. The largest absolute Gasteiger partial charge is 0.480 e. The second-order valence-electron chi connectivity index (χ2n) is 26.1. The van der Waals surface area contributed by atoms with E-state index in [-0.39, 0.29) is 54.9 Å². The summed E-state index contributed by atoms with van der Waals surface area (Å²) in [6.07, 6.45) is 36.4. The fourth-order valence-electron chi connectivity index (χ4n) is 10.4. The van der Waals surface area contributed by atoms with Crippen molar-refractivity contribution in [3.8, 4) is 0 Å². The van der Waals surface area contributed by atoms with Crippen molar-refractivity contribution in [2.45, 2.75) is 257 Å². The Hall–Kier alpha value is -8.21. The van der Waals surface area contributed by atoms with Gasteiger partial charge in [0, 0.05) is 209 Å². The van der Waals surface area contributed by atoms with Crippen LogP contribution in [0.25, 0.3) is 11.2 Å². The number of nitrogen functional groups attached to an aromatic ring is 1. The van der Waals surface area contributed by atoms with Gasteiger partial charge in [0.2, 0.25) is 11.9 Å². The number of aromatic nitrogens is 4. The molecule has 1 aromatic carbocycles. The third-order valence-electron chi connectivity index (χ3n) is 16.4. The SMILES string of the molecule is CCCCCCCCCCCCCCCCCC(=O)OC[C@H](COP(=O)(O)OCCNC(=O)OCCOOOOOOOOOOOOOOOOOOOOOOOOOOOOOOOOOOOOOOOOOOOO/C=C\NC(=O)CCC(NC(=O)c1ccc(CCc2cnc3nc(N)[nH]c(=O)c3n2)cc1)C(=O)O)OC(=O)CCCCCCCCCCCCCCCCC. The minimum atomic E-state index is -4.78. The van der Waals surface area contributed by atoms with Crippen molar-refractivity contribution in [3.63, 3.8) is 0 Å². The Morgan fingerprint density at radius 1 is 0.455 bits per heavy atom. The van der Waals surface area contributed by atoms with E-state index in [0.29, 0.717) is 37.6 Å². The predicted molar refractivity (Wildman–Crippen MR) is 395 cm³/mol. The number of phosphoric acid groups is 1. The quantitative estimate of drug-likeness (QED) is 0.00525. The minimum Gasteiger partial charge on any atom is -0.480 e. The molecule has 770 valence electrons. The molecule has 67 nitrogen and oxygen atoms in total. The molecule has 0 radical (unpaired) electrons. The smallest absolute Gasteiger partial charge is 0.472 e. The number of carboxylic acids is 1. The summed E-state index contributed by atoms with van der Waals surface area (Å²) in [6.45, 7) is 1.64. The van der Waals surface area contributed by atoms with Gasteiger partial charge in [-0.05, 0) is 90.1 Å². The highest BCUT2D eigenvalue weighted by atomic mass is 31.2. The number of nitrogens with one attached hydrogen (secondary N) is 4. The van der Waals surface area contributed by atoms with Crippen LogP contribution in [0, 0.1) is 0 Å². The topological polar surface area (TPSA) is 746 Å². The summed E-state index contributed by atoms with van der Waals surface area (Å²) < 4.78 is 38.5. The second-order valence-corrected chi connectivity index (χ2v) is 27.5. The van der Waals surface area contributed by atoms with E-state index < -0.39 is 94.4 Å². The average Bonchev–Trinajstić information content (AvgIpc) is 0.810. The number of aromatic amines is 1. The Balaban J connectivity index is 0.999. The number of benzene rings is 1. The van der Waals surface area contributed by atoms with Crippen LogP contribution in [0.3, 0.4) is 0 Å². The van der Waals surface area contributed by atoms with E-state index >= 15 is 0 Å². The first-order valence-electron chi connectivity index (χ1n) is 40.8. The average molecular weight is 1990 g/mol. The van der Waals surface area contributed by atoms with Crippen molar-refractivity contribution >= 4 is 60.8 Å². The van der Waals surface area contributed by atoms with E-state index in [1.165, 1.54) is 147 Å². The normalized spacial score (nSPS) is 12.5. The van der Waals surface area contributed by atoms with Gasteiger partial charge in [-0.1, -0.05) is 206 Å². The number of amides is 3. The number of H-pyrrole nitrogens is 1. The third kappa shape index (κ3) is 74.0. The van der Waals surface area contributed by atoms with Crippen LogP contribution >= 0.6 is 7.82 Å². The highest BCUT2D eigenvalue weighted by Crippen LogP contribution is 2.43. The number of hydrogen-bond acceptors (Lipinski definition) is 61. The van der Waals surface area contributed by atoms with Gasteiger partial charge in [-0.25, -0.2) is 29.0 Å². The Morgan fingerprint density at radius 2 is 0.851 bits per heavy atom. The number of fused-ring (bicyclic) bond motifs is 1. The Labute approximate surface area is 755 Å². The molecule has 0 fully saturated rings. The monoisotopic (exact) mass is 1990 g/mol. The summed E-state index contributed by atoms with van der Waals surface area (Å²) in [6, 6.07) is 4.82. The van der Waals surface area contributed by atoms with Crippen LogP contribution in [0.4, 0.5) is 10.7 Å². The summed E-state index contributed by atoms with van der Waals surface area (Å²) >= 11 is 0. The fraction of sp³-hybridized carbons (Fsp3) is 0.697. The lowest BCUT2D eigenvalue weighted by Crippen LogP contribution is -2.41. The van der Waals surface area contributed by atoms with Crippen LogP contribution in [-0.2, 0) is 281 Å². The molecule has 0 saturated carbocycles. The predicted octanol–water partition coefficient (Wildman–Crippen LogP) is 9.54. The van der Waals surface area contributed by atoms with Gasteiger partial charge in [-0.15, -0.1) is 0 Å². The first-order valence-corrected chi connectivity index (χ1v) is 42.3. The van der Waals surface area contributed by atoms with E-state index in [4.69, 9.17) is 29.0 Å². The van der Waals surface area contributed by atoms with Gasteiger partial charge in [0.05, 0.1) is 25.1 Å². The number of esters is 2. The van der Waals surface area contributed by atoms with Crippen molar-refractivity contribution in [1.82, 2.24) is 35.9 Å². The van der Waals surface area contributed by atoms with Crippen LogP contribution in [0.1, 0.15) is 254 Å². The Bertz CT molecular complexity index is 3510. The first kappa shape index (κ1) is 120. The minimum absolute atomic E-state index is 0.0329. The fourth-order valence-corrected chi connectivity index (χ4v) is 11.1. The summed E-state index contributed by atoms with van der Waals surface area (Å²) in [5.74, 6) is -3.98. The van der Waals surface area contributed by atoms with E-state index in [2.05, 4.69) is 271 Å². The summed E-state index contributed by atoms with van der Waals surface area (Å²) in [7, 11) is -4.78. The number of aliphatic carboxylic acids is 1. The maximum Gasteiger partial charge on any atom is 0.472 e. The number of alkyl carbamates (subject to hydrolysis) is 1. The molecule has 3 aromatic rings. The zero-order chi connectivity index (χ0) is 96.4. The molecular formula is C66H107N8O59P. The van der Waals surface area contributed by atoms with Crippen molar-refractivity contribution in [2.24, 2.45) is 0 Å². The molecule has 3 atom stereocenters. The van der Waals surface area contributed by atoms with Crippen LogP contribution in [0.2, 0.25) is 0 Å². The molecule has 3 amide bonds. The number of ether oxygens (including phenoxy) is 3. The lowest BCUT2D eigenvalue weighted by Gasteiger charge is -2.20. The Morgan fingerprint density at radius 3 is 1.27 bits per heavy atom. The summed E-state index contributed by atoms with van der Waals surface area (Å²) in [4.78, 5) is 120. The summed E-state index contributed by atoms with van der Waals surface area (Å²) in [5, 5.41) is 169. The number of rotatable bonds is 99. The maximum absolute atomic E-state index is 12.9. The number of hydrogen-bond donors (Lipinski definition) is 7. The van der Waals surface area contributed by atoms with Crippen molar-refractivity contribution in [2.75, 3.05) is 45.3 Å². The van der Waals surface area contributed by atoms with Gasteiger partial charge < -0.3 is 50.8 Å². The molecule has 0 spiro atoms. The lowest BCUT2D eigenvalue weighted by atomic mass is 10.0. The number of nitrogens with zero attached hydrogens (tertiary/aromatic N) is 3. The number of unbranched alkanes of at least 4 members (excludes halogenated alkanes) is 28. The van der Waals surface area contributed by atoms with E-state index in [1.54, 1.807) is 12.1 Å². The van der Waals surface area contributed by atoms with Gasteiger partial charge in [-0.3, -0.25) is 38.0 Å². The van der Waals surface area contributed by atoms with Gasteiger partial charge in [-0.2, -0.15) is 4.98 Å². The standard InChI is InChI=1S/C66H107N8O59P/c1-3-5-7-9-11-13-15-17-19-21-23-25-27-29-31-33-58(76)86-50-55(91-59(77)34-32-30-28-26-24-22-20-18-16-14-12-10-8-6-4-2)51-90-134(83,84)89-46-44-69-66(82)85-47-48-88-93-95-97-99-101-103-105-107-109-111-113-115-117-119-121-123-125-127-129-131-133-132-130-128-126-124-122-120-118-116-114-112-110-108-106-104-102-100-98-96-94-92-87-45-43-68-57(75)42-41-56(64(80)81)72-62(78)53-38-35-52(36-39-53)37-40-54-49-70-61-60(71-54)63(79)74-65(67)73-61/h35-36,38-39,43,45,49,55-56H,3-34,37,40-42,44,46-48,50-51H2,1-2H3,(H,68,75)(H,69,82)(H,72,78)(H,80,81)(H,83,84)(H3,67,70,73,74,79)/b45-43-/t55-,56?/m1/s1. The Kier molecular flexibility index (Phi) is 78.4. The zero-order valence-electron chi connectivity index (χ0n) is 71.9. The second kappa shape index (κ2) is 87.6. The molecule has 134 heavy (non-hydrogen) atoms. The maximum atomic E-state index is 12.9. The van der Waals surface area contributed by atoms with Crippen molar-refractivity contribution < 1.29 is 288 Å². The molecular weight excluding hydrogens is 1880 g/mol. The van der Waals surface area contributed by atoms with E-state index in [9.17, 15) is 48.1 Å². The molecule has 2 heterocycles. The highest BCUT2D eigenvalue weighted by molar-refractivity contribution is 7.47. The van der Waals surface area contributed by atoms with Gasteiger partial charge >= 0.3 is 31.8 Å². The molecule has 8 N–H and O–H groups in total.